The molecule has 0 unspecified atom stereocenters. The molecule has 2 aliphatic rings. The monoisotopic (exact) mass is 467 g/mol. The van der Waals surface area contributed by atoms with E-state index in [0.29, 0.717) is 31.2 Å². The van der Waals surface area contributed by atoms with Gasteiger partial charge in [-0.2, -0.15) is 0 Å². The van der Waals surface area contributed by atoms with Gasteiger partial charge in [-0.15, -0.1) is 0 Å². The van der Waals surface area contributed by atoms with Gasteiger partial charge in [0.15, 0.2) is 0 Å². The smallest absolute Gasteiger partial charge is 0.254 e. The van der Waals surface area contributed by atoms with Gasteiger partial charge in [-0.1, -0.05) is 22.0 Å². The lowest BCUT2D eigenvalue weighted by atomic mass is 9.97. The van der Waals surface area contributed by atoms with Crippen LogP contribution in [0.4, 0.5) is 5.82 Å². The average molecular weight is 468 g/mol. The second-order valence-corrected chi connectivity index (χ2v) is 8.78. The number of likely N-dealkylation sites (N-methyl/N-ethyl adjacent to an activating group) is 1. The number of ether oxygens (including phenoxy) is 2. The van der Waals surface area contributed by atoms with Gasteiger partial charge in [0.25, 0.3) is 5.91 Å². The molecule has 1 amide bonds. The standard InChI is InChI=1S/C23H22BrN3O3/c1-12-21-18(10-30-12)17-8-13(3-6-19(17)26-22(21)25)23(28)27(2)20-11-29-9-14-7-15(24)4-5-16(14)20/h3-8,12,20H,9-11H2,1-2H3,(H2,25,26)/t12-,20-/m1/s1. The lowest BCUT2D eigenvalue weighted by Crippen LogP contribution is -2.36. The first-order chi connectivity index (χ1) is 14.4. The number of hydrogen-bond acceptors (Lipinski definition) is 5. The summed E-state index contributed by atoms with van der Waals surface area (Å²) in [6, 6.07) is 11.6. The Labute approximate surface area is 183 Å². The van der Waals surface area contributed by atoms with Crippen molar-refractivity contribution in [3.8, 4) is 0 Å². The molecule has 2 N–H and O–H groups in total. The Morgan fingerprint density at radius 3 is 2.90 bits per heavy atom. The van der Waals surface area contributed by atoms with Crippen molar-refractivity contribution in [2.75, 3.05) is 19.4 Å². The summed E-state index contributed by atoms with van der Waals surface area (Å²) in [5.41, 5.74) is 11.7. The summed E-state index contributed by atoms with van der Waals surface area (Å²) >= 11 is 3.51. The highest BCUT2D eigenvalue weighted by molar-refractivity contribution is 9.10. The molecule has 0 fully saturated rings. The Balaban J connectivity index is 1.52. The number of anilines is 1. The summed E-state index contributed by atoms with van der Waals surface area (Å²) < 4.78 is 12.5. The van der Waals surface area contributed by atoms with Gasteiger partial charge < -0.3 is 20.1 Å². The van der Waals surface area contributed by atoms with Gasteiger partial charge in [-0.05, 0) is 53.9 Å². The quantitative estimate of drug-likeness (QED) is 0.599. The van der Waals surface area contributed by atoms with E-state index >= 15 is 0 Å². The van der Waals surface area contributed by atoms with Crippen LogP contribution >= 0.6 is 15.9 Å². The molecule has 0 saturated heterocycles. The number of fused-ring (bicyclic) bond motifs is 4. The van der Waals surface area contributed by atoms with Gasteiger partial charge >= 0.3 is 0 Å². The van der Waals surface area contributed by atoms with Crippen molar-refractivity contribution in [3.63, 3.8) is 0 Å². The maximum atomic E-state index is 13.4. The fourth-order valence-electron chi connectivity index (χ4n) is 4.46. The zero-order valence-corrected chi connectivity index (χ0v) is 18.4. The van der Waals surface area contributed by atoms with Crippen LogP contribution in [0.3, 0.4) is 0 Å². The van der Waals surface area contributed by atoms with E-state index in [1.807, 2.05) is 38.2 Å². The maximum absolute atomic E-state index is 13.4. The molecule has 0 aliphatic carbocycles. The highest BCUT2D eigenvalue weighted by Crippen LogP contribution is 2.38. The van der Waals surface area contributed by atoms with Crippen LogP contribution in [-0.4, -0.2) is 29.4 Å². The molecule has 0 bridgehead atoms. The second kappa shape index (κ2) is 7.34. The lowest BCUT2D eigenvalue weighted by molar-refractivity contribution is 0.0346. The molecule has 2 aliphatic heterocycles. The van der Waals surface area contributed by atoms with Gasteiger partial charge in [-0.3, -0.25) is 4.79 Å². The van der Waals surface area contributed by atoms with Crippen molar-refractivity contribution in [2.24, 2.45) is 0 Å². The third-order valence-corrected chi connectivity index (χ3v) is 6.57. The van der Waals surface area contributed by atoms with Crippen molar-refractivity contribution >= 4 is 38.6 Å². The summed E-state index contributed by atoms with van der Waals surface area (Å²) in [6.07, 6.45) is -0.0888. The fraction of sp³-hybridized carbons (Fsp3) is 0.304. The molecule has 0 radical (unpaired) electrons. The van der Waals surface area contributed by atoms with Crippen molar-refractivity contribution in [1.82, 2.24) is 9.88 Å². The van der Waals surface area contributed by atoms with Crippen molar-refractivity contribution in [3.05, 3.63) is 68.7 Å². The van der Waals surface area contributed by atoms with Gasteiger partial charge in [0, 0.05) is 28.0 Å². The number of halogens is 1. The van der Waals surface area contributed by atoms with E-state index in [2.05, 4.69) is 33.0 Å². The molecule has 2 aromatic carbocycles. The van der Waals surface area contributed by atoms with E-state index < -0.39 is 0 Å². The number of hydrogen-bond donors (Lipinski definition) is 1. The molecular formula is C23H22BrN3O3. The van der Waals surface area contributed by atoms with E-state index in [1.165, 1.54) is 0 Å². The number of carbonyl (C=O) groups is 1. The normalized spacial score (nSPS) is 20.1. The minimum Gasteiger partial charge on any atom is -0.383 e. The SMILES string of the molecule is C[C@H]1OCc2c1c(N)nc1ccc(C(=O)N(C)[C@@H]3COCc4cc(Br)ccc43)cc21. The molecule has 5 rings (SSSR count). The molecule has 3 aromatic rings. The van der Waals surface area contributed by atoms with E-state index in [9.17, 15) is 4.79 Å². The van der Waals surface area contributed by atoms with Crippen molar-refractivity contribution in [2.45, 2.75) is 32.3 Å². The van der Waals surface area contributed by atoms with Crippen LogP contribution in [0.25, 0.3) is 10.9 Å². The number of amides is 1. The summed E-state index contributed by atoms with van der Waals surface area (Å²) in [4.78, 5) is 19.7. The zero-order valence-electron chi connectivity index (χ0n) is 16.8. The third kappa shape index (κ3) is 3.09. The largest absolute Gasteiger partial charge is 0.383 e. The fourth-order valence-corrected chi connectivity index (χ4v) is 4.87. The molecule has 0 spiro atoms. The molecule has 6 nitrogen and oxygen atoms in total. The van der Waals surface area contributed by atoms with Gasteiger partial charge in [0.05, 0.1) is 37.5 Å². The summed E-state index contributed by atoms with van der Waals surface area (Å²) in [7, 11) is 1.83. The minimum absolute atomic E-state index is 0.0567. The van der Waals surface area contributed by atoms with Crippen LogP contribution in [0.1, 0.15) is 51.7 Å². The van der Waals surface area contributed by atoms with Crippen LogP contribution in [0.2, 0.25) is 0 Å². The van der Waals surface area contributed by atoms with Crippen LogP contribution < -0.4 is 5.73 Å². The van der Waals surface area contributed by atoms with E-state index in [1.54, 1.807) is 4.90 Å². The zero-order chi connectivity index (χ0) is 21.0. The molecule has 7 heteroatoms. The Morgan fingerprint density at radius 1 is 1.23 bits per heavy atom. The van der Waals surface area contributed by atoms with E-state index in [-0.39, 0.29) is 18.1 Å². The van der Waals surface area contributed by atoms with Gasteiger partial charge in [0.2, 0.25) is 0 Å². The number of aromatic nitrogens is 1. The molecular weight excluding hydrogens is 446 g/mol. The Morgan fingerprint density at radius 2 is 2.07 bits per heavy atom. The van der Waals surface area contributed by atoms with Crippen molar-refractivity contribution < 1.29 is 14.3 Å². The minimum atomic E-state index is -0.135. The molecule has 30 heavy (non-hydrogen) atoms. The third-order valence-electron chi connectivity index (χ3n) is 6.08. The summed E-state index contributed by atoms with van der Waals surface area (Å²) in [5.74, 6) is 0.444. The van der Waals surface area contributed by atoms with E-state index in [4.69, 9.17) is 15.2 Å². The molecule has 0 saturated carbocycles. The predicted octanol–water partition coefficient (Wildman–Crippen LogP) is 4.51. The van der Waals surface area contributed by atoms with Crippen LogP contribution in [0, 0.1) is 0 Å². The second-order valence-electron chi connectivity index (χ2n) is 7.86. The highest BCUT2D eigenvalue weighted by atomic mass is 79.9. The topological polar surface area (TPSA) is 77.7 Å². The number of nitrogens with two attached hydrogens (primary N) is 1. The molecule has 1 aromatic heterocycles. The number of rotatable bonds is 2. The lowest BCUT2D eigenvalue weighted by Gasteiger charge is -2.33. The van der Waals surface area contributed by atoms with Crippen LogP contribution in [0.5, 0.6) is 0 Å². The number of carbonyl (C=O) groups excluding carboxylic acids is 1. The first-order valence-electron chi connectivity index (χ1n) is 9.91. The summed E-state index contributed by atoms with van der Waals surface area (Å²) in [6.45, 7) is 3.48. The Hall–Kier alpha value is -2.48. The maximum Gasteiger partial charge on any atom is 0.254 e. The number of benzene rings is 2. The highest BCUT2D eigenvalue weighted by Gasteiger charge is 2.29. The van der Waals surface area contributed by atoms with Gasteiger partial charge in [-0.25, -0.2) is 4.98 Å². The number of nitrogen functional groups attached to an aromatic ring is 1. The van der Waals surface area contributed by atoms with Crippen molar-refractivity contribution in [1.29, 1.82) is 0 Å². The Kier molecular flexibility index (Phi) is 4.76. The Bertz CT molecular complexity index is 1180. The summed E-state index contributed by atoms with van der Waals surface area (Å²) in [5, 5.41) is 0.923. The number of nitrogens with zero attached hydrogens (tertiary/aromatic N) is 2. The molecule has 3 heterocycles. The average Bonchev–Trinajstić information content (AvgIpc) is 3.14. The first-order valence-corrected chi connectivity index (χ1v) is 10.7. The number of pyridine rings is 1. The van der Waals surface area contributed by atoms with Crippen LogP contribution in [0.15, 0.2) is 40.9 Å². The predicted molar refractivity (Wildman–Crippen MR) is 118 cm³/mol. The van der Waals surface area contributed by atoms with Gasteiger partial charge in [0.1, 0.15) is 5.82 Å². The first kappa shape index (κ1) is 19.5. The molecule has 2 atom stereocenters. The van der Waals surface area contributed by atoms with Crippen LogP contribution in [-0.2, 0) is 22.7 Å². The molecule has 154 valence electrons. The van der Waals surface area contributed by atoms with E-state index in [0.717, 1.165) is 37.6 Å².